The van der Waals surface area contributed by atoms with Crippen molar-refractivity contribution >= 4 is 11.3 Å². The number of rotatable bonds is 6. The fourth-order valence-electron chi connectivity index (χ4n) is 2.53. The summed E-state index contributed by atoms with van der Waals surface area (Å²) in [6.45, 7) is 5.05. The average Bonchev–Trinajstić information content (AvgIpc) is 3.14. The summed E-state index contributed by atoms with van der Waals surface area (Å²) < 4.78 is 6.10. The van der Waals surface area contributed by atoms with Crippen LogP contribution in [0.4, 0.5) is 0 Å². The van der Waals surface area contributed by atoms with Gasteiger partial charge in [0.2, 0.25) is 0 Å². The van der Waals surface area contributed by atoms with Crippen LogP contribution in [0.25, 0.3) is 11.3 Å². The molecule has 0 spiro atoms. The SMILES string of the molecule is CCC(C)c1cc(-c2cscn2)ccc1OCc1ccccc1. The highest BCUT2D eigenvalue weighted by Gasteiger charge is 2.13. The van der Waals surface area contributed by atoms with Gasteiger partial charge in [0.25, 0.3) is 0 Å². The van der Waals surface area contributed by atoms with Crippen molar-refractivity contribution in [3.63, 3.8) is 0 Å². The van der Waals surface area contributed by atoms with Crippen molar-refractivity contribution in [3.8, 4) is 17.0 Å². The number of aromatic nitrogens is 1. The first kappa shape index (κ1) is 15.8. The Labute approximate surface area is 141 Å². The summed E-state index contributed by atoms with van der Waals surface area (Å²) in [6.07, 6.45) is 1.09. The van der Waals surface area contributed by atoms with Crippen LogP contribution in [0.1, 0.15) is 37.3 Å². The molecule has 0 bridgehead atoms. The molecule has 0 aliphatic rings. The maximum absolute atomic E-state index is 6.10. The molecule has 0 amide bonds. The third-order valence-corrected chi connectivity index (χ3v) is 4.70. The fourth-order valence-corrected chi connectivity index (χ4v) is 3.10. The predicted octanol–water partition coefficient (Wildman–Crippen LogP) is 5.90. The minimum absolute atomic E-state index is 0.458. The average molecular weight is 323 g/mol. The van der Waals surface area contributed by atoms with Crippen LogP contribution in [0.3, 0.4) is 0 Å². The lowest BCUT2D eigenvalue weighted by Gasteiger charge is -2.17. The predicted molar refractivity (Wildman–Crippen MR) is 97.0 cm³/mol. The normalized spacial score (nSPS) is 12.1. The number of hydrogen-bond acceptors (Lipinski definition) is 3. The lowest BCUT2D eigenvalue weighted by atomic mass is 9.95. The van der Waals surface area contributed by atoms with Gasteiger partial charge in [-0.2, -0.15) is 0 Å². The Morgan fingerprint density at radius 2 is 1.96 bits per heavy atom. The van der Waals surface area contributed by atoms with E-state index >= 15 is 0 Å². The van der Waals surface area contributed by atoms with Gasteiger partial charge in [-0.25, -0.2) is 4.98 Å². The molecule has 3 heteroatoms. The highest BCUT2D eigenvalue weighted by atomic mass is 32.1. The van der Waals surface area contributed by atoms with Gasteiger partial charge in [0.15, 0.2) is 0 Å². The van der Waals surface area contributed by atoms with E-state index in [0.717, 1.165) is 23.4 Å². The Morgan fingerprint density at radius 3 is 2.65 bits per heavy atom. The van der Waals surface area contributed by atoms with Crippen molar-refractivity contribution in [2.45, 2.75) is 32.8 Å². The molecule has 118 valence electrons. The summed E-state index contributed by atoms with van der Waals surface area (Å²) in [5.41, 5.74) is 6.51. The van der Waals surface area contributed by atoms with Gasteiger partial charge in [0.05, 0.1) is 11.2 Å². The first-order chi connectivity index (χ1) is 11.3. The van der Waals surface area contributed by atoms with E-state index in [-0.39, 0.29) is 0 Å². The van der Waals surface area contributed by atoms with Crippen LogP contribution >= 0.6 is 11.3 Å². The van der Waals surface area contributed by atoms with Crippen molar-refractivity contribution < 1.29 is 4.74 Å². The van der Waals surface area contributed by atoms with E-state index in [9.17, 15) is 0 Å². The van der Waals surface area contributed by atoms with Gasteiger partial charge >= 0.3 is 0 Å². The Balaban J connectivity index is 1.86. The molecule has 3 aromatic rings. The van der Waals surface area contributed by atoms with E-state index in [2.05, 4.69) is 54.5 Å². The van der Waals surface area contributed by atoms with Crippen molar-refractivity contribution in [2.75, 3.05) is 0 Å². The molecule has 1 atom stereocenters. The first-order valence-electron chi connectivity index (χ1n) is 7.97. The second-order valence-corrected chi connectivity index (χ2v) is 6.43. The topological polar surface area (TPSA) is 22.1 Å². The van der Waals surface area contributed by atoms with Crippen LogP contribution in [-0.2, 0) is 6.61 Å². The molecule has 23 heavy (non-hydrogen) atoms. The van der Waals surface area contributed by atoms with E-state index in [4.69, 9.17) is 4.74 Å². The van der Waals surface area contributed by atoms with E-state index in [1.165, 1.54) is 11.1 Å². The zero-order chi connectivity index (χ0) is 16.1. The molecule has 0 aliphatic carbocycles. The lowest BCUT2D eigenvalue weighted by molar-refractivity contribution is 0.301. The molecule has 0 fully saturated rings. The maximum atomic E-state index is 6.10. The Hall–Kier alpha value is -2.13. The Morgan fingerprint density at radius 1 is 1.13 bits per heavy atom. The highest BCUT2D eigenvalue weighted by molar-refractivity contribution is 7.07. The summed E-state index contributed by atoms with van der Waals surface area (Å²) in [4.78, 5) is 4.41. The molecular weight excluding hydrogens is 302 g/mol. The zero-order valence-electron chi connectivity index (χ0n) is 13.5. The molecule has 3 rings (SSSR count). The number of hydrogen-bond donors (Lipinski definition) is 0. The van der Waals surface area contributed by atoms with E-state index in [1.807, 2.05) is 23.7 Å². The van der Waals surface area contributed by atoms with Crippen LogP contribution in [0.5, 0.6) is 5.75 Å². The first-order valence-corrected chi connectivity index (χ1v) is 8.91. The minimum Gasteiger partial charge on any atom is -0.489 e. The third kappa shape index (κ3) is 3.80. The smallest absolute Gasteiger partial charge is 0.123 e. The summed E-state index contributed by atoms with van der Waals surface area (Å²) in [5.74, 6) is 1.43. The molecular formula is C20H21NOS. The number of thiazole rings is 1. The van der Waals surface area contributed by atoms with Crippen molar-refractivity contribution in [1.29, 1.82) is 0 Å². The summed E-state index contributed by atoms with van der Waals surface area (Å²) in [6, 6.07) is 16.7. The molecule has 1 unspecified atom stereocenters. The molecule has 0 radical (unpaired) electrons. The highest BCUT2D eigenvalue weighted by Crippen LogP contribution is 2.33. The maximum Gasteiger partial charge on any atom is 0.123 e. The van der Waals surface area contributed by atoms with E-state index in [1.54, 1.807) is 11.3 Å². The number of nitrogens with zero attached hydrogens (tertiary/aromatic N) is 1. The van der Waals surface area contributed by atoms with Gasteiger partial charge in [-0.05, 0) is 41.7 Å². The second kappa shape index (κ2) is 7.42. The largest absolute Gasteiger partial charge is 0.489 e. The van der Waals surface area contributed by atoms with Gasteiger partial charge in [-0.1, -0.05) is 44.2 Å². The molecule has 1 heterocycles. The second-order valence-electron chi connectivity index (χ2n) is 5.71. The Kier molecular flexibility index (Phi) is 5.09. The fraction of sp³-hybridized carbons (Fsp3) is 0.250. The molecule has 0 N–H and O–H groups in total. The standard InChI is InChI=1S/C20H21NOS/c1-3-15(2)18-11-17(19-13-23-14-21-19)9-10-20(18)22-12-16-7-5-4-6-8-16/h4-11,13-15H,3,12H2,1-2H3. The third-order valence-electron chi connectivity index (χ3n) is 4.12. The van der Waals surface area contributed by atoms with Crippen molar-refractivity contribution in [3.05, 3.63) is 70.5 Å². The summed E-state index contributed by atoms with van der Waals surface area (Å²) in [7, 11) is 0. The van der Waals surface area contributed by atoms with Crippen LogP contribution in [0.15, 0.2) is 59.4 Å². The van der Waals surface area contributed by atoms with E-state index in [0.29, 0.717) is 12.5 Å². The van der Waals surface area contributed by atoms with Crippen molar-refractivity contribution in [1.82, 2.24) is 4.98 Å². The number of ether oxygens (including phenoxy) is 1. The number of benzene rings is 2. The molecule has 1 aromatic heterocycles. The molecule has 0 saturated heterocycles. The van der Waals surface area contributed by atoms with Gasteiger partial charge in [0, 0.05) is 10.9 Å². The van der Waals surface area contributed by atoms with Crippen LogP contribution in [0, 0.1) is 0 Å². The minimum atomic E-state index is 0.458. The van der Waals surface area contributed by atoms with Gasteiger partial charge in [-0.15, -0.1) is 11.3 Å². The molecule has 0 saturated carbocycles. The van der Waals surface area contributed by atoms with Gasteiger partial charge in [0.1, 0.15) is 12.4 Å². The van der Waals surface area contributed by atoms with Crippen LogP contribution in [0.2, 0.25) is 0 Å². The Bertz CT molecular complexity index is 738. The van der Waals surface area contributed by atoms with Crippen LogP contribution in [-0.4, -0.2) is 4.98 Å². The summed E-state index contributed by atoms with van der Waals surface area (Å²) in [5, 5.41) is 2.08. The molecule has 2 nitrogen and oxygen atoms in total. The zero-order valence-corrected chi connectivity index (χ0v) is 14.3. The van der Waals surface area contributed by atoms with Crippen molar-refractivity contribution in [2.24, 2.45) is 0 Å². The van der Waals surface area contributed by atoms with Gasteiger partial charge in [-0.3, -0.25) is 0 Å². The van der Waals surface area contributed by atoms with E-state index < -0.39 is 0 Å². The molecule has 2 aromatic carbocycles. The lowest BCUT2D eigenvalue weighted by Crippen LogP contribution is -2.01. The molecule has 0 aliphatic heterocycles. The summed E-state index contributed by atoms with van der Waals surface area (Å²) >= 11 is 1.62. The monoisotopic (exact) mass is 323 g/mol. The van der Waals surface area contributed by atoms with Crippen LogP contribution < -0.4 is 4.74 Å². The quantitative estimate of drug-likeness (QED) is 0.563. The van der Waals surface area contributed by atoms with Gasteiger partial charge < -0.3 is 4.74 Å².